The third-order valence-corrected chi connectivity index (χ3v) is 13.9. The number of benzene rings is 3. The second kappa shape index (κ2) is 15.6. The summed E-state index contributed by atoms with van der Waals surface area (Å²) in [6.07, 6.45) is 5.99. The molecule has 4 aliphatic rings. The number of amides is 2. The van der Waals surface area contributed by atoms with Crippen LogP contribution in [0.1, 0.15) is 44.1 Å². The number of sulfone groups is 1. The van der Waals surface area contributed by atoms with Gasteiger partial charge in [0.2, 0.25) is 15.7 Å². The Morgan fingerprint density at radius 1 is 0.887 bits per heavy atom. The van der Waals surface area contributed by atoms with Gasteiger partial charge in [0.05, 0.1) is 9.79 Å². The summed E-state index contributed by atoms with van der Waals surface area (Å²) in [7, 11) is -3.77. The lowest BCUT2D eigenvalue weighted by Crippen LogP contribution is -2.60. The highest BCUT2D eigenvalue weighted by Gasteiger charge is 2.53. The Balaban J connectivity index is 0.987. The first-order chi connectivity index (χ1) is 25.5. The second-order valence-corrected chi connectivity index (χ2v) is 17.3. The molecule has 0 spiro atoms. The van der Waals surface area contributed by atoms with Gasteiger partial charge in [-0.1, -0.05) is 31.2 Å². The fourth-order valence-corrected chi connectivity index (χ4v) is 10.8. The fourth-order valence-electron chi connectivity index (χ4n) is 9.48. The molecule has 3 aromatic carbocycles. The van der Waals surface area contributed by atoms with Gasteiger partial charge in [0.1, 0.15) is 5.82 Å². The molecule has 0 radical (unpaired) electrons. The number of rotatable bonds is 13. The molecule has 10 nitrogen and oxygen atoms in total. The minimum absolute atomic E-state index is 0.105. The molecule has 1 saturated carbocycles. The van der Waals surface area contributed by atoms with Crippen LogP contribution in [0.2, 0.25) is 0 Å². The summed E-state index contributed by atoms with van der Waals surface area (Å²) >= 11 is 0. The average molecular weight is 744 g/mol. The first-order valence-corrected chi connectivity index (χ1v) is 20.4. The van der Waals surface area contributed by atoms with E-state index in [2.05, 4.69) is 38.0 Å². The summed E-state index contributed by atoms with van der Waals surface area (Å²) in [5, 5.41) is 15.2. The molecule has 1 unspecified atom stereocenters. The van der Waals surface area contributed by atoms with Crippen molar-refractivity contribution in [3.8, 4) is 0 Å². The number of likely N-dealkylation sites (tertiary alicyclic amines) is 2. The molecular weight excluding hydrogens is 694 g/mol. The predicted octanol–water partition coefficient (Wildman–Crippen LogP) is 6.01. The standard InChI is InChI=1S/C41H50FN5O5S/c1-2-39(48)43-33-9-4-10-36(24-33)53(51,52)35-15-13-34(14-16-35)47-26-29(27-47)25-45-21-17-30(18-22-45)41(28-46-19-6-20-46,31-7-3-8-32(42)23-31)37-11-5-12-38(37)44-40(49)50/h2-4,7-10,13-16,23-24,29-30,37-38,44H,1,5-6,11-12,17-22,25-28H2,(H,43,48)(H,49,50)/t37-,38-,41?/m0/s1. The van der Waals surface area contributed by atoms with Gasteiger partial charge in [-0.3, -0.25) is 4.79 Å². The Kier molecular flexibility index (Phi) is 10.9. The van der Waals surface area contributed by atoms with Gasteiger partial charge >= 0.3 is 6.09 Å². The summed E-state index contributed by atoms with van der Waals surface area (Å²) in [6.45, 7) is 11.0. The van der Waals surface area contributed by atoms with Crippen LogP contribution in [0, 0.1) is 23.6 Å². The fraction of sp³-hybridized carbons (Fsp3) is 0.463. The number of carbonyl (C=O) groups is 2. The van der Waals surface area contributed by atoms with Crippen LogP contribution in [0.15, 0.2) is 95.2 Å². The third-order valence-electron chi connectivity index (χ3n) is 12.2. The summed E-state index contributed by atoms with van der Waals surface area (Å²) in [5.74, 6) is 0.265. The van der Waals surface area contributed by atoms with E-state index in [0.29, 0.717) is 17.5 Å². The van der Waals surface area contributed by atoms with Gasteiger partial charge in [-0.2, -0.15) is 0 Å². The minimum Gasteiger partial charge on any atom is -0.465 e. The lowest BCUT2D eigenvalue weighted by atomic mass is 9.57. The van der Waals surface area contributed by atoms with Crippen LogP contribution in [0.25, 0.3) is 0 Å². The van der Waals surface area contributed by atoms with Crippen LogP contribution < -0.4 is 15.5 Å². The van der Waals surface area contributed by atoms with Crippen molar-refractivity contribution in [3.05, 3.63) is 96.8 Å². The molecule has 3 saturated heterocycles. The minimum atomic E-state index is -3.77. The molecule has 7 rings (SSSR count). The van der Waals surface area contributed by atoms with Crippen LogP contribution in [-0.2, 0) is 20.0 Å². The Morgan fingerprint density at radius 3 is 2.28 bits per heavy atom. The van der Waals surface area contributed by atoms with E-state index >= 15 is 0 Å². The van der Waals surface area contributed by atoms with E-state index in [-0.39, 0.29) is 33.0 Å². The largest absolute Gasteiger partial charge is 0.465 e. The van der Waals surface area contributed by atoms with Crippen molar-refractivity contribution in [2.45, 2.75) is 59.8 Å². The number of nitrogens with one attached hydrogen (secondary N) is 2. The number of hydrogen-bond acceptors (Lipinski definition) is 7. The molecule has 1 aliphatic carbocycles. The molecule has 3 aromatic rings. The van der Waals surface area contributed by atoms with E-state index in [0.717, 1.165) is 108 Å². The van der Waals surface area contributed by atoms with Crippen LogP contribution >= 0.6 is 0 Å². The highest BCUT2D eigenvalue weighted by atomic mass is 32.2. The summed E-state index contributed by atoms with van der Waals surface area (Å²) < 4.78 is 41.7. The number of carbonyl (C=O) groups excluding carboxylic acids is 1. The van der Waals surface area contributed by atoms with Crippen molar-refractivity contribution in [2.75, 3.05) is 62.6 Å². The van der Waals surface area contributed by atoms with E-state index in [1.165, 1.54) is 18.2 Å². The highest BCUT2D eigenvalue weighted by Crippen LogP contribution is 2.51. The van der Waals surface area contributed by atoms with Crippen molar-refractivity contribution in [2.24, 2.45) is 17.8 Å². The summed E-state index contributed by atoms with van der Waals surface area (Å²) in [6, 6.07) is 20.2. The number of anilines is 2. The molecule has 282 valence electrons. The highest BCUT2D eigenvalue weighted by molar-refractivity contribution is 7.91. The van der Waals surface area contributed by atoms with E-state index in [1.54, 1.807) is 30.3 Å². The second-order valence-electron chi connectivity index (χ2n) is 15.3. The molecule has 2 amide bonds. The van der Waals surface area contributed by atoms with Gasteiger partial charge in [-0.05, 0) is 136 Å². The first-order valence-electron chi connectivity index (χ1n) is 18.9. The summed E-state index contributed by atoms with van der Waals surface area (Å²) in [4.78, 5) is 31.2. The van der Waals surface area contributed by atoms with Crippen LogP contribution in [0.5, 0.6) is 0 Å². The van der Waals surface area contributed by atoms with Crippen LogP contribution in [0.4, 0.5) is 20.6 Å². The quantitative estimate of drug-likeness (QED) is 0.182. The Bertz CT molecular complexity index is 1910. The first kappa shape index (κ1) is 37.1. The number of hydrogen-bond donors (Lipinski definition) is 3. The zero-order valence-electron chi connectivity index (χ0n) is 30.1. The SMILES string of the molecule is C=CC(=O)Nc1cccc(S(=O)(=O)c2ccc(N3CC(CN4CCC(C(CN5CCC5)(c5cccc(F)c5)[C@H]5CCC[C@@H]5NC(=O)O)CC4)C3)cc2)c1. The molecule has 3 atom stereocenters. The van der Waals surface area contributed by atoms with Gasteiger partial charge in [-0.15, -0.1) is 0 Å². The average Bonchev–Trinajstić information content (AvgIpc) is 3.57. The van der Waals surface area contributed by atoms with Gasteiger partial charge in [0.25, 0.3) is 0 Å². The monoisotopic (exact) mass is 743 g/mol. The zero-order chi connectivity index (χ0) is 37.2. The van der Waals surface area contributed by atoms with Gasteiger partial charge in [-0.25, -0.2) is 17.6 Å². The maximum Gasteiger partial charge on any atom is 0.404 e. The van der Waals surface area contributed by atoms with Crippen molar-refractivity contribution in [1.82, 2.24) is 15.1 Å². The smallest absolute Gasteiger partial charge is 0.404 e. The van der Waals surface area contributed by atoms with Crippen LogP contribution in [0.3, 0.4) is 0 Å². The normalized spacial score (nSPS) is 22.7. The Morgan fingerprint density at radius 2 is 1.62 bits per heavy atom. The summed E-state index contributed by atoms with van der Waals surface area (Å²) in [5.41, 5.74) is 2.05. The lowest BCUT2D eigenvalue weighted by Gasteiger charge is -2.54. The van der Waals surface area contributed by atoms with Crippen LogP contribution in [-0.4, -0.2) is 93.7 Å². The lowest BCUT2D eigenvalue weighted by molar-refractivity contribution is -0.111. The van der Waals surface area contributed by atoms with E-state index in [9.17, 15) is 27.5 Å². The number of carboxylic acid groups (broad SMARTS) is 1. The third kappa shape index (κ3) is 7.86. The molecule has 3 N–H and O–H groups in total. The molecule has 4 fully saturated rings. The Hall–Kier alpha value is -4.26. The van der Waals surface area contributed by atoms with Crippen molar-refractivity contribution in [3.63, 3.8) is 0 Å². The topological polar surface area (TPSA) is 122 Å². The van der Waals surface area contributed by atoms with Crippen molar-refractivity contribution < 1.29 is 27.5 Å². The molecule has 53 heavy (non-hydrogen) atoms. The molecular formula is C41H50FN5O5S. The van der Waals surface area contributed by atoms with Gasteiger partial charge < -0.3 is 30.4 Å². The molecule has 3 aliphatic heterocycles. The number of piperidine rings is 1. The van der Waals surface area contributed by atoms with Crippen molar-refractivity contribution in [1.29, 1.82) is 0 Å². The van der Waals surface area contributed by atoms with Crippen molar-refractivity contribution >= 4 is 33.2 Å². The molecule has 0 bridgehead atoms. The number of nitrogens with zero attached hydrogens (tertiary/aromatic N) is 3. The van der Waals surface area contributed by atoms with E-state index in [4.69, 9.17) is 0 Å². The van der Waals surface area contributed by atoms with E-state index in [1.807, 2.05) is 18.2 Å². The van der Waals surface area contributed by atoms with Gasteiger partial charge in [0.15, 0.2) is 0 Å². The Labute approximate surface area is 312 Å². The predicted molar refractivity (Wildman–Crippen MR) is 203 cm³/mol. The molecule has 12 heteroatoms. The maximum absolute atomic E-state index is 14.9. The number of halogens is 1. The zero-order valence-corrected chi connectivity index (χ0v) is 30.9. The maximum atomic E-state index is 14.9. The molecule has 3 heterocycles. The molecule has 0 aromatic heterocycles. The van der Waals surface area contributed by atoms with Gasteiger partial charge in [0, 0.05) is 54.9 Å². The van der Waals surface area contributed by atoms with E-state index < -0.39 is 21.8 Å².